The number of anilines is 1. The molecule has 2 rings (SSSR count). The number of para-hydroxylation sites is 1. The molecule has 0 radical (unpaired) electrons. The third kappa shape index (κ3) is 2.75. The molecule has 102 valence electrons. The van der Waals surface area contributed by atoms with Crippen LogP contribution in [0, 0.1) is 11.2 Å². The fourth-order valence-electron chi connectivity index (χ4n) is 1.89. The number of hydrogen-bond acceptors (Lipinski definition) is 2. The number of nitrogens with one attached hydrogen (secondary N) is 2. The molecule has 1 aromatic carbocycles. The van der Waals surface area contributed by atoms with Crippen LogP contribution < -0.4 is 10.6 Å². The maximum Gasteiger partial charge on any atom is 0.240 e. The van der Waals surface area contributed by atoms with Crippen molar-refractivity contribution >= 4 is 17.5 Å². The Morgan fingerprint density at radius 2 is 1.95 bits per heavy atom. The van der Waals surface area contributed by atoms with Crippen molar-refractivity contribution < 1.29 is 14.0 Å². The van der Waals surface area contributed by atoms with Crippen LogP contribution in [-0.2, 0) is 9.59 Å². The minimum atomic E-state index is -1.00. The lowest BCUT2D eigenvalue weighted by molar-refractivity contribution is -0.134. The van der Waals surface area contributed by atoms with Crippen LogP contribution >= 0.6 is 0 Å². The van der Waals surface area contributed by atoms with E-state index in [0.717, 1.165) is 6.42 Å². The molecule has 5 heteroatoms. The third-order valence-corrected chi connectivity index (χ3v) is 3.28. The molecule has 4 nitrogen and oxygen atoms in total. The highest BCUT2D eigenvalue weighted by Crippen LogP contribution is 2.46. The van der Waals surface area contributed by atoms with Crippen molar-refractivity contribution in [3.05, 3.63) is 30.1 Å². The quantitative estimate of drug-likeness (QED) is 0.800. The summed E-state index contributed by atoms with van der Waals surface area (Å²) >= 11 is 0. The van der Waals surface area contributed by atoms with Gasteiger partial charge in [-0.25, -0.2) is 4.39 Å². The monoisotopic (exact) mass is 264 g/mol. The summed E-state index contributed by atoms with van der Waals surface area (Å²) in [6, 6.07) is 5.93. The molecule has 0 saturated heterocycles. The van der Waals surface area contributed by atoms with Gasteiger partial charge in [0, 0.05) is 6.54 Å². The number of rotatable bonds is 5. The van der Waals surface area contributed by atoms with Crippen molar-refractivity contribution in [1.29, 1.82) is 0 Å². The maximum atomic E-state index is 13.4. The first-order chi connectivity index (χ1) is 9.10. The van der Waals surface area contributed by atoms with Gasteiger partial charge in [0.1, 0.15) is 11.2 Å². The Labute approximate surface area is 111 Å². The largest absolute Gasteiger partial charge is 0.355 e. The molecule has 1 aliphatic rings. The summed E-state index contributed by atoms with van der Waals surface area (Å²) in [7, 11) is 0. The van der Waals surface area contributed by atoms with E-state index >= 15 is 0 Å². The van der Waals surface area contributed by atoms with E-state index in [-0.39, 0.29) is 11.6 Å². The fourth-order valence-corrected chi connectivity index (χ4v) is 1.89. The van der Waals surface area contributed by atoms with Crippen LogP contribution in [0.2, 0.25) is 0 Å². The summed E-state index contributed by atoms with van der Waals surface area (Å²) in [5.41, 5.74) is -0.890. The topological polar surface area (TPSA) is 58.2 Å². The molecule has 2 amide bonds. The molecular formula is C14H17FN2O2. The molecule has 19 heavy (non-hydrogen) atoms. The van der Waals surface area contributed by atoms with Gasteiger partial charge >= 0.3 is 0 Å². The molecule has 0 aliphatic heterocycles. The average molecular weight is 264 g/mol. The Balaban J connectivity index is 2.04. The van der Waals surface area contributed by atoms with Gasteiger partial charge in [-0.3, -0.25) is 9.59 Å². The van der Waals surface area contributed by atoms with Crippen molar-refractivity contribution in [3.8, 4) is 0 Å². The van der Waals surface area contributed by atoms with Crippen LogP contribution in [0.15, 0.2) is 24.3 Å². The van der Waals surface area contributed by atoms with E-state index in [4.69, 9.17) is 0 Å². The molecule has 0 aromatic heterocycles. The number of amides is 2. The predicted octanol–water partition coefficient (Wildman–Crippen LogP) is 2.07. The Morgan fingerprint density at radius 3 is 2.53 bits per heavy atom. The molecule has 1 aliphatic carbocycles. The van der Waals surface area contributed by atoms with Gasteiger partial charge < -0.3 is 10.6 Å². The van der Waals surface area contributed by atoms with Gasteiger partial charge in [0.2, 0.25) is 11.8 Å². The minimum Gasteiger partial charge on any atom is -0.355 e. The van der Waals surface area contributed by atoms with E-state index in [9.17, 15) is 14.0 Å². The highest BCUT2D eigenvalue weighted by molar-refractivity contribution is 6.13. The van der Waals surface area contributed by atoms with E-state index in [1.165, 1.54) is 12.1 Å². The molecule has 0 bridgehead atoms. The number of benzene rings is 1. The van der Waals surface area contributed by atoms with E-state index in [2.05, 4.69) is 10.6 Å². The van der Waals surface area contributed by atoms with Gasteiger partial charge in [-0.1, -0.05) is 19.1 Å². The number of carbonyl (C=O) groups is 2. The Kier molecular flexibility index (Phi) is 3.83. The second-order valence-electron chi connectivity index (χ2n) is 4.77. The Bertz CT molecular complexity index is 498. The maximum absolute atomic E-state index is 13.4. The molecule has 0 heterocycles. The van der Waals surface area contributed by atoms with Crippen molar-refractivity contribution in [1.82, 2.24) is 5.32 Å². The number of halogens is 1. The lowest BCUT2D eigenvalue weighted by Gasteiger charge is -2.15. The summed E-state index contributed by atoms with van der Waals surface area (Å²) in [5, 5.41) is 5.22. The van der Waals surface area contributed by atoms with E-state index in [1.54, 1.807) is 12.1 Å². The zero-order chi connectivity index (χ0) is 13.9. The Morgan fingerprint density at radius 1 is 1.26 bits per heavy atom. The first-order valence-corrected chi connectivity index (χ1v) is 6.44. The van der Waals surface area contributed by atoms with Crippen LogP contribution in [0.5, 0.6) is 0 Å². The van der Waals surface area contributed by atoms with Gasteiger partial charge in [-0.15, -0.1) is 0 Å². The Hall–Kier alpha value is -1.91. The van der Waals surface area contributed by atoms with Crippen LogP contribution in [-0.4, -0.2) is 18.4 Å². The molecular weight excluding hydrogens is 247 g/mol. The van der Waals surface area contributed by atoms with Gasteiger partial charge in [0.05, 0.1) is 5.69 Å². The molecule has 0 atom stereocenters. The molecule has 0 unspecified atom stereocenters. The number of hydrogen-bond donors (Lipinski definition) is 2. The predicted molar refractivity (Wildman–Crippen MR) is 70.0 cm³/mol. The van der Waals surface area contributed by atoms with Crippen molar-refractivity contribution in [2.45, 2.75) is 26.2 Å². The van der Waals surface area contributed by atoms with Crippen molar-refractivity contribution in [2.24, 2.45) is 5.41 Å². The van der Waals surface area contributed by atoms with Gasteiger partial charge in [0.15, 0.2) is 0 Å². The second kappa shape index (κ2) is 5.38. The van der Waals surface area contributed by atoms with E-state index in [1.807, 2.05) is 6.92 Å². The first kappa shape index (κ1) is 13.5. The highest BCUT2D eigenvalue weighted by Gasteiger charge is 2.56. The smallest absolute Gasteiger partial charge is 0.240 e. The molecule has 1 aromatic rings. The zero-order valence-electron chi connectivity index (χ0n) is 10.8. The van der Waals surface area contributed by atoms with Gasteiger partial charge in [-0.05, 0) is 31.4 Å². The van der Waals surface area contributed by atoms with Crippen molar-refractivity contribution in [3.63, 3.8) is 0 Å². The SMILES string of the molecule is CCCNC(=O)C1(C(=O)Nc2ccccc2F)CC1. The van der Waals surface area contributed by atoms with Crippen LogP contribution in [0.25, 0.3) is 0 Å². The van der Waals surface area contributed by atoms with Gasteiger partial charge in [0.25, 0.3) is 0 Å². The van der Waals surface area contributed by atoms with Crippen LogP contribution in [0.1, 0.15) is 26.2 Å². The third-order valence-electron chi connectivity index (χ3n) is 3.28. The fraction of sp³-hybridized carbons (Fsp3) is 0.429. The van der Waals surface area contributed by atoms with Crippen LogP contribution in [0.4, 0.5) is 10.1 Å². The molecule has 1 saturated carbocycles. The number of carbonyl (C=O) groups excluding carboxylic acids is 2. The zero-order valence-corrected chi connectivity index (χ0v) is 10.8. The molecule has 1 fully saturated rings. The van der Waals surface area contributed by atoms with Gasteiger partial charge in [-0.2, -0.15) is 0 Å². The summed E-state index contributed by atoms with van der Waals surface area (Å²) in [4.78, 5) is 24.1. The summed E-state index contributed by atoms with van der Waals surface area (Å²) in [6.45, 7) is 2.49. The summed E-state index contributed by atoms with van der Waals surface area (Å²) in [6.07, 6.45) is 1.85. The lowest BCUT2D eigenvalue weighted by Crippen LogP contribution is -2.40. The summed E-state index contributed by atoms with van der Waals surface area (Å²) < 4.78 is 13.4. The second-order valence-corrected chi connectivity index (χ2v) is 4.77. The first-order valence-electron chi connectivity index (χ1n) is 6.44. The van der Waals surface area contributed by atoms with Crippen molar-refractivity contribution in [2.75, 3.05) is 11.9 Å². The highest BCUT2D eigenvalue weighted by atomic mass is 19.1. The molecule has 0 spiro atoms. The molecule has 2 N–H and O–H groups in total. The standard InChI is InChI=1S/C14H17FN2O2/c1-2-9-16-12(18)14(7-8-14)13(19)17-11-6-4-3-5-10(11)15/h3-6H,2,7-9H2,1H3,(H,16,18)(H,17,19). The minimum absolute atomic E-state index is 0.113. The van der Waals surface area contributed by atoms with Crippen LogP contribution in [0.3, 0.4) is 0 Å². The normalized spacial score (nSPS) is 15.7. The lowest BCUT2D eigenvalue weighted by atomic mass is 10.0. The summed E-state index contributed by atoms with van der Waals surface area (Å²) in [5.74, 6) is -1.19. The van der Waals surface area contributed by atoms with E-state index < -0.39 is 17.1 Å². The average Bonchev–Trinajstić information content (AvgIpc) is 3.20. The van der Waals surface area contributed by atoms with E-state index in [0.29, 0.717) is 19.4 Å².